The molecule has 0 aliphatic carbocycles. The lowest BCUT2D eigenvalue weighted by atomic mass is 10.3. The van der Waals surface area contributed by atoms with Crippen LogP contribution in [-0.4, -0.2) is 42.8 Å². The summed E-state index contributed by atoms with van der Waals surface area (Å²) in [6, 6.07) is -0.262. The monoisotopic (exact) mass is 179 g/mol. The summed E-state index contributed by atoms with van der Waals surface area (Å²) in [5.41, 5.74) is 0. The van der Waals surface area contributed by atoms with Crippen LogP contribution < -0.4 is 0 Å². The minimum Gasteiger partial charge on any atom is -0.395 e. The van der Waals surface area contributed by atoms with E-state index < -0.39 is 10.0 Å². The third-order valence-electron chi connectivity index (χ3n) is 1.89. The predicted molar refractivity (Wildman–Crippen MR) is 41.7 cm³/mol. The second kappa shape index (κ2) is 3.08. The van der Waals surface area contributed by atoms with Crippen LogP contribution >= 0.6 is 0 Å². The first-order valence-corrected chi connectivity index (χ1v) is 5.29. The van der Waals surface area contributed by atoms with Crippen LogP contribution in [-0.2, 0) is 10.0 Å². The molecule has 1 aliphatic heterocycles. The fourth-order valence-corrected chi connectivity index (χ4v) is 3.00. The number of nitrogens with zero attached hydrogens (tertiary/aromatic N) is 1. The summed E-state index contributed by atoms with van der Waals surface area (Å²) in [6.07, 6.45) is 0.687. The molecule has 1 fully saturated rings. The van der Waals surface area contributed by atoms with Crippen molar-refractivity contribution >= 4 is 10.0 Å². The van der Waals surface area contributed by atoms with Gasteiger partial charge in [-0.15, -0.1) is 0 Å². The Kier molecular flexibility index (Phi) is 2.51. The second-order valence-electron chi connectivity index (χ2n) is 2.81. The summed E-state index contributed by atoms with van der Waals surface area (Å²) in [7, 11) is -3.03. The topological polar surface area (TPSA) is 57.6 Å². The Bertz CT molecular complexity index is 224. The van der Waals surface area contributed by atoms with Crippen LogP contribution in [0, 0.1) is 0 Å². The Labute approximate surface area is 66.9 Å². The SMILES string of the molecule is CC(CO)N1CCCS1(=O)=O. The van der Waals surface area contributed by atoms with Gasteiger partial charge >= 0.3 is 0 Å². The molecule has 0 aromatic heterocycles. The van der Waals surface area contributed by atoms with E-state index in [0.29, 0.717) is 13.0 Å². The Balaban J connectivity index is 2.73. The van der Waals surface area contributed by atoms with E-state index >= 15 is 0 Å². The predicted octanol–water partition coefficient (Wildman–Crippen LogP) is -0.597. The van der Waals surface area contributed by atoms with Gasteiger partial charge in [-0.25, -0.2) is 8.42 Å². The summed E-state index contributed by atoms with van der Waals surface area (Å²) in [5, 5.41) is 8.72. The highest BCUT2D eigenvalue weighted by Gasteiger charge is 2.31. The van der Waals surface area contributed by atoms with Crippen molar-refractivity contribution in [3.8, 4) is 0 Å². The number of rotatable bonds is 2. The van der Waals surface area contributed by atoms with E-state index in [2.05, 4.69) is 0 Å². The highest BCUT2D eigenvalue weighted by atomic mass is 32.2. The molecule has 1 aliphatic rings. The zero-order valence-corrected chi connectivity index (χ0v) is 7.34. The Morgan fingerprint density at radius 3 is 2.64 bits per heavy atom. The molecule has 11 heavy (non-hydrogen) atoms. The molecule has 1 N–H and O–H groups in total. The Morgan fingerprint density at radius 2 is 2.27 bits per heavy atom. The molecule has 0 bridgehead atoms. The smallest absolute Gasteiger partial charge is 0.214 e. The summed E-state index contributed by atoms with van der Waals surface area (Å²) < 4.78 is 23.7. The lowest BCUT2D eigenvalue weighted by Crippen LogP contribution is -2.36. The number of sulfonamides is 1. The first-order valence-electron chi connectivity index (χ1n) is 3.68. The highest BCUT2D eigenvalue weighted by molar-refractivity contribution is 7.89. The first-order chi connectivity index (χ1) is 5.08. The van der Waals surface area contributed by atoms with Crippen LogP contribution in [0.15, 0.2) is 0 Å². The van der Waals surface area contributed by atoms with Crippen LogP contribution in [0.4, 0.5) is 0 Å². The van der Waals surface area contributed by atoms with Crippen LogP contribution in [0.1, 0.15) is 13.3 Å². The maximum Gasteiger partial charge on any atom is 0.214 e. The van der Waals surface area contributed by atoms with Gasteiger partial charge in [0.25, 0.3) is 0 Å². The van der Waals surface area contributed by atoms with Crippen molar-refractivity contribution in [1.29, 1.82) is 0 Å². The number of aliphatic hydroxyl groups excluding tert-OH is 1. The van der Waals surface area contributed by atoms with Crippen molar-refractivity contribution in [3.05, 3.63) is 0 Å². The molecule has 1 heterocycles. The van der Waals surface area contributed by atoms with E-state index in [1.54, 1.807) is 6.92 Å². The largest absolute Gasteiger partial charge is 0.395 e. The third kappa shape index (κ3) is 1.72. The van der Waals surface area contributed by atoms with Crippen LogP contribution in [0.25, 0.3) is 0 Å². The van der Waals surface area contributed by atoms with Gasteiger partial charge in [0.1, 0.15) is 0 Å². The standard InChI is InChI=1S/C6H13NO3S/c1-6(5-8)7-3-2-4-11(7,9)10/h6,8H,2-5H2,1H3. The summed E-state index contributed by atoms with van der Waals surface area (Å²) >= 11 is 0. The van der Waals surface area contributed by atoms with Gasteiger partial charge in [-0.2, -0.15) is 4.31 Å². The number of hydrogen-bond donors (Lipinski definition) is 1. The lowest BCUT2D eigenvalue weighted by Gasteiger charge is -2.19. The minimum absolute atomic E-state index is 0.0980. The summed E-state index contributed by atoms with van der Waals surface area (Å²) in [6.45, 7) is 2.17. The normalized spacial score (nSPS) is 27.1. The molecule has 1 atom stereocenters. The van der Waals surface area contributed by atoms with Gasteiger partial charge in [0.05, 0.1) is 12.4 Å². The molecule has 0 radical (unpaired) electrons. The molecular weight excluding hydrogens is 166 g/mol. The molecule has 5 heteroatoms. The average Bonchev–Trinajstić information content (AvgIpc) is 2.28. The van der Waals surface area contributed by atoms with E-state index in [-0.39, 0.29) is 18.4 Å². The average molecular weight is 179 g/mol. The fourth-order valence-electron chi connectivity index (χ4n) is 1.24. The Morgan fingerprint density at radius 1 is 1.64 bits per heavy atom. The van der Waals surface area contributed by atoms with Crippen molar-refractivity contribution in [1.82, 2.24) is 4.31 Å². The van der Waals surface area contributed by atoms with Crippen molar-refractivity contribution in [3.63, 3.8) is 0 Å². The molecule has 1 saturated heterocycles. The summed E-state index contributed by atoms with van der Waals surface area (Å²) in [4.78, 5) is 0. The molecule has 1 rings (SSSR count). The maximum atomic E-state index is 11.2. The van der Waals surface area contributed by atoms with Gasteiger partial charge in [0.2, 0.25) is 10.0 Å². The van der Waals surface area contributed by atoms with E-state index in [0.717, 1.165) is 0 Å². The molecule has 0 spiro atoms. The lowest BCUT2D eigenvalue weighted by molar-refractivity contribution is 0.205. The fraction of sp³-hybridized carbons (Fsp3) is 1.00. The van der Waals surface area contributed by atoms with Crippen LogP contribution in [0.3, 0.4) is 0 Å². The van der Waals surface area contributed by atoms with Gasteiger partial charge in [0.15, 0.2) is 0 Å². The van der Waals surface area contributed by atoms with Crippen molar-refractivity contribution in [2.24, 2.45) is 0 Å². The van der Waals surface area contributed by atoms with E-state index in [1.165, 1.54) is 4.31 Å². The van der Waals surface area contributed by atoms with Crippen molar-refractivity contribution in [2.45, 2.75) is 19.4 Å². The molecule has 4 nitrogen and oxygen atoms in total. The zero-order valence-electron chi connectivity index (χ0n) is 6.52. The zero-order chi connectivity index (χ0) is 8.48. The van der Waals surface area contributed by atoms with E-state index in [1.807, 2.05) is 0 Å². The van der Waals surface area contributed by atoms with E-state index in [4.69, 9.17) is 5.11 Å². The minimum atomic E-state index is -3.03. The van der Waals surface area contributed by atoms with Crippen LogP contribution in [0.5, 0.6) is 0 Å². The molecule has 66 valence electrons. The molecular formula is C6H13NO3S. The Hall–Kier alpha value is -0.130. The quantitative estimate of drug-likeness (QED) is 0.616. The van der Waals surface area contributed by atoms with Gasteiger partial charge < -0.3 is 5.11 Å². The maximum absolute atomic E-state index is 11.2. The van der Waals surface area contributed by atoms with Crippen molar-refractivity contribution < 1.29 is 13.5 Å². The first kappa shape index (κ1) is 8.96. The van der Waals surface area contributed by atoms with Crippen molar-refractivity contribution in [2.75, 3.05) is 18.9 Å². The molecule has 1 unspecified atom stereocenters. The number of aliphatic hydroxyl groups is 1. The number of hydrogen-bond acceptors (Lipinski definition) is 3. The van der Waals surface area contributed by atoms with Gasteiger partial charge in [-0.05, 0) is 13.3 Å². The van der Waals surface area contributed by atoms with Gasteiger partial charge in [-0.3, -0.25) is 0 Å². The van der Waals surface area contributed by atoms with Gasteiger partial charge in [-0.1, -0.05) is 0 Å². The molecule has 0 aromatic rings. The van der Waals surface area contributed by atoms with Gasteiger partial charge in [0, 0.05) is 12.6 Å². The molecule has 0 saturated carbocycles. The second-order valence-corrected chi connectivity index (χ2v) is 4.85. The third-order valence-corrected chi connectivity index (χ3v) is 3.96. The summed E-state index contributed by atoms with van der Waals surface area (Å²) in [5.74, 6) is 0.233. The van der Waals surface area contributed by atoms with E-state index in [9.17, 15) is 8.42 Å². The van der Waals surface area contributed by atoms with Crippen LogP contribution in [0.2, 0.25) is 0 Å². The molecule has 0 aromatic carbocycles. The highest BCUT2D eigenvalue weighted by Crippen LogP contribution is 2.16. The molecule has 0 amide bonds.